The number of fused-ring (bicyclic) bond motifs is 1. The molecule has 0 bridgehead atoms. The molecule has 2 saturated carbocycles. The zero-order valence-electron chi connectivity index (χ0n) is 15.6. The second-order valence-electron chi connectivity index (χ2n) is 8.07. The fraction of sp³-hybridized carbons (Fsp3) is 0.478. The molecule has 2 aliphatic carbocycles. The average Bonchev–Trinajstić information content (AvgIpc) is 3.19. The van der Waals surface area contributed by atoms with E-state index in [1.54, 1.807) is 0 Å². The predicted octanol–water partition coefficient (Wildman–Crippen LogP) is 4.25. The van der Waals surface area contributed by atoms with Gasteiger partial charge in [0.1, 0.15) is 12.4 Å². The molecule has 0 amide bonds. The molecule has 2 aromatic rings. The number of rotatable bonds is 6. The lowest BCUT2D eigenvalue weighted by Gasteiger charge is -2.26. The van der Waals surface area contributed by atoms with Crippen LogP contribution in [0.1, 0.15) is 36.8 Å². The summed E-state index contributed by atoms with van der Waals surface area (Å²) in [6.45, 7) is 1.52. The molecule has 4 atom stereocenters. The van der Waals surface area contributed by atoms with E-state index in [0.29, 0.717) is 12.6 Å². The number of hydrogen-bond acceptors (Lipinski definition) is 3. The molecule has 2 aliphatic rings. The molecule has 0 saturated heterocycles. The van der Waals surface area contributed by atoms with E-state index in [1.165, 1.54) is 24.0 Å². The van der Waals surface area contributed by atoms with E-state index in [4.69, 9.17) is 4.74 Å². The first-order valence-corrected chi connectivity index (χ1v) is 9.82. The van der Waals surface area contributed by atoms with Gasteiger partial charge in [-0.1, -0.05) is 48.5 Å². The predicted molar refractivity (Wildman–Crippen MR) is 104 cm³/mol. The standard InChI is InChI=1S/C23H29NO2/c1-24(21-11-19-13-22(25)14-20(19)12-21)15-18-9-5-6-10-23(18)26-16-17-7-3-2-4-8-17/h2-10,19-22,25H,11-16H2,1H3/t19-,20+,21?,22?. The highest BCUT2D eigenvalue weighted by atomic mass is 16.5. The Labute approximate surface area is 156 Å². The van der Waals surface area contributed by atoms with Gasteiger partial charge in [0.05, 0.1) is 6.10 Å². The molecule has 4 rings (SSSR count). The molecule has 0 heterocycles. The Morgan fingerprint density at radius 3 is 2.31 bits per heavy atom. The van der Waals surface area contributed by atoms with Crippen molar-refractivity contribution in [3.8, 4) is 5.75 Å². The van der Waals surface area contributed by atoms with Gasteiger partial charge in [-0.25, -0.2) is 0 Å². The van der Waals surface area contributed by atoms with Crippen LogP contribution in [0.3, 0.4) is 0 Å². The molecule has 0 aromatic heterocycles. The van der Waals surface area contributed by atoms with Crippen molar-refractivity contribution in [2.24, 2.45) is 11.8 Å². The minimum atomic E-state index is -0.0524. The monoisotopic (exact) mass is 351 g/mol. The quantitative estimate of drug-likeness (QED) is 0.845. The van der Waals surface area contributed by atoms with Gasteiger partial charge >= 0.3 is 0 Å². The van der Waals surface area contributed by atoms with Gasteiger partial charge in [0.15, 0.2) is 0 Å². The smallest absolute Gasteiger partial charge is 0.124 e. The van der Waals surface area contributed by atoms with Gasteiger partial charge < -0.3 is 9.84 Å². The highest BCUT2D eigenvalue weighted by Gasteiger charge is 2.42. The summed E-state index contributed by atoms with van der Waals surface area (Å²) in [5.74, 6) is 2.43. The molecular formula is C23H29NO2. The van der Waals surface area contributed by atoms with E-state index in [1.807, 2.05) is 24.3 Å². The summed E-state index contributed by atoms with van der Waals surface area (Å²) in [6.07, 6.45) is 4.41. The van der Waals surface area contributed by atoms with Gasteiger partial charge in [-0.15, -0.1) is 0 Å². The van der Waals surface area contributed by atoms with Crippen LogP contribution >= 0.6 is 0 Å². The van der Waals surface area contributed by atoms with Crippen molar-refractivity contribution in [3.63, 3.8) is 0 Å². The number of nitrogens with zero attached hydrogens (tertiary/aromatic N) is 1. The lowest BCUT2D eigenvalue weighted by Crippen LogP contribution is -2.30. The van der Waals surface area contributed by atoms with Crippen LogP contribution in [-0.4, -0.2) is 29.2 Å². The Bertz CT molecular complexity index is 703. The van der Waals surface area contributed by atoms with E-state index in [0.717, 1.165) is 37.0 Å². The van der Waals surface area contributed by atoms with E-state index < -0.39 is 0 Å². The maximum Gasteiger partial charge on any atom is 0.124 e. The molecule has 138 valence electrons. The van der Waals surface area contributed by atoms with E-state index >= 15 is 0 Å². The van der Waals surface area contributed by atoms with Crippen molar-refractivity contribution in [2.45, 2.75) is 51.0 Å². The van der Waals surface area contributed by atoms with Crippen LogP contribution in [0, 0.1) is 11.8 Å². The molecule has 0 aliphatic heterocycles. The Morgan fingerprint density at radius 1 is 0.923 bits per heavy atom. The minimum absolute atomic E-state index is 0.0524. The van der Waals surface area contributed by atoms with Gasteiger partial charge in [0.25, 0.3) is 0 Å². The number of hydrogen-bond donors (Lipinski definition) is 1. The molecule has 0 radical (unpaired) electrons. The van der Waals surface area contributed by atoms with Crippen molar-refractivity contribution >= 4 is 0 Å². The summed E-state index contributed by atoms with van der Waals surface area (Å²) < 4.78 is 6.12. The van der Waals surface area contributed by atoms with Crippen LogP contribution < -0.4 is 4.74 Å². The third kappa shape index (κ3) is 3.94. The van der Waals surface area contributed by atoms with Crippen molar-refractivity contribution in [2.75, 3.05) is 7.05 Å². The zero-order valence-corrected chi connectivity index (χ0v) is 15.6. The molecule has 0 spiro atoms. The highest BCUT2D eigenvalue weighted by molar-refractivity contribution is 5.33. The van der Waals surface area contributed by atoms with Crippen LogP contribution in [0.15, 0.2) is 54.6 Å². The van der Waals surface area contributed by atoms with Gasteiger partial charge in [0.2, 0.25) is 0 Å². The number of aliphatic hydroxyl groups excluding tert-OH is 1. The van der Waals surface area contributed by atoms with Gasteiger partial charge in [-0.2, -0.15) is 0 Å². The SMILES string of the molecule is CN(Cc1ccccc1OCc1ccccc1)C1C[C@H]2CC(O)C[C@H]2C1. The summed E-state index contributed by atoms with van der Waals surface area (Å²) in [5, 5.41) is 9.85. The van der Waals surface area contributed by atoms with Crippen LogP contribution in [0.2, 0.25) is 0 Å². The van der Waals surface area contributed by atoms with E-state index in [2.05, 4.69) is 42.3 Å². The average molecular weight is 351 g/mol. The van der Waals surface area contributed by atoms with Crippen LogP contribution in [-0.2, 0) is 13.2 Å². The maximum absolute atomic E-state index is 9.85. The van der Waals surface area contributed by atoms with Crippen molar-refractivity contribution in [1.82, 2.24) is 4.90 Å². The van der Waals surface area contributed by atoms with E-state index in [9.17, 15) is 5.11 Å². The lowest BCUT2D eigenvalue weighted by atomic mass is 10.0. The fourth-order valence-electron chi connectivity index (χ4n) is 4.82. The summed E-state index contributed by atoms with van der Waals surface area (Å²) in [5.41, 5.74) is 2.45. The maximum atomic E-state index is 9.85. The third-order valence-corrected chi connectivity index (χ3v) is 6.22. The lowest BCUT2D eigenvalue weighted by molar-refractivity contribution is 0.157. The molecule has 3 nitrogen and oxygen atoms in total. The number of ether oxygens (including phenoxy) is 1. The van der Waals surface area contributed by atoms with Crippen LogP contribution in [0.5, 0.6) is 5.75 Å². The molecule has 2 unspecified atom stereocenters. The summed E-state index contributed by atoms with van der Waals surface area (Å²) >= 11 is 0. The molecule has 3 heteroatoms. The number of para-hydroxylation sites is 1. The Kier molecular flexibility index (Phi) is 5.28. The van der Waals surface area contributed by atoms with Crippen molar-refractivity contribution in [3.05, 3.63) is 65.7 Å². The Balaban J connectivity index is 1.37. The van der Waals surface area contributed by atoms with E-state index in [-0.39, 0.29) is 6.10 Å². The molecule has 1 N–H and O–H groups in total. The first-order valence-electron chi connectivity index (χ1n) is 9.82. The molecule has 26 heavy (non-hydrogen) atoms. The second-order valence-corrected chi connectivity index (χ2v) is 8.07. The van der Waals surface area contributed by atoms with Gasteiger partial charge in [-0.3, -0.25) is 4.90 Å². The van der Waals surface area contributed by atoms with Gasteiger partial charge in [-0.05, 0) is 56.2 Å². The molecule has 2 aromatic carbocycles. The summed E-state index contributed by atoms with van der Waals surface area (Å²) in [6, 6.07) is 19.3. The molecule has 2 fully saturated rings. The molecular weight excluding hydrogens is 322 g/mol. The largest absolute Gasteiger partial charge is 0.489 e. The third-order valence-electron chi connectivity index (χ3n) is 6.22. The normalized spacial score (nSPS) is 27.7. The first kappa shape index (κ1) is 17.6. The van der Waals surface area contributed by atoms with Crippen molar-refractivity contribution < 1.29 is 9.84 Å². The zero-order chi connectivity index (χ0) is 17.9. The van der Waals surface area contributed by atoms with Crippen LogP contribution in [0.25, 0.3) is 0 Å². The number of benzene rings is 2. The van der Waals surface area contributed by atoms with Crippen molar-refractivity contribution in [1.29, 1.82) is 0 Å². The highest BCUT2D eigenvalue weighted by Crippen LogP contribution is 2.45. The number of aliphatic hydroxyl groups is 1. The first-order chi connectivity index (χ1) is 12.7. The minimum Gasteiger partial charge on any atom is -0.489 e. The fourth-order valence-corrected chi connectivity index (χ4v) is 4.82. The second kappa shape index (κ2) is 7.81. The topological polar surface area (TPSA) is 32.7 Å². The summed E-state index contributed by atoms with van der Waals surface area (Å²) in [4.78, 5) is 2.48. The van der Waals surface area contributed by atoms with Crippen LogP contribution in [0.4, 0.5) is 0 Å². The summed E-state index contributed by atoms with van der Waals surface area (Å²) in [7, 11) is 2.23. The Hall–Kier alpha value is -1.84. The van der Waals surface area contributed by atoms with Gasteiger partial charge in [0, 0.05) is 18.2 Å². The Morgan fingerprint density at radius 2 is 1.58 bits per heavy atom.